The van der Waals surface area contributed by atoms with Crippen LogP contribution in [-0.4, -0.2) is 22.8 Å². The van der Waals surface area contributed by atoms with Crippen LogP contribution in [0.15, 0.2) is 30.3 Å². The zero-order valence-corrected chi connectivity index (χ0v) is 12.9. The number of benzene rings is 1. The van der Waals surface area contributed by atoms with E-state index in [-0.39, 0.29) is 11.9 Å². The highest BCUT2D eigenvalue weighted by Gasteiger charge is 2.14. The molecule has 0 saturated heterocycles. The summed E-state index contributed by atoms with van der Waals surface area (Å²) in [6.07, 6.45) is 0.374. The van der Waals surface area contributed by atoms with Gasteiger partial charge in [-0.1, -0.05) is 6.07 Å². The summed E-state index contributed by atoms with van der Waals surface area (Å²) < 4.78 is 7.03. The number of rotatable bonds is 5. The fraction of sp³-hybridized carbons (Fsp3) is 0.375. The third-order valence-electron chi connectivity index (χ3n) is 3.30. The van der Waals surface area contributed by atoms with E-state index >= 15 is 0 Å². The molecular weight excluding hydrogens is 266 g/mol. The van der Waals surface area contributed by atoms with Crippen molar-refractivity contribution in [2.75, 3.05) is 12.4 Å². The minimum absolute atomic E-state index is 0.0179. The molecule has 1 amide bonds. The van der Waals surface area contributed by atoms with Gasteiger partial charge in [-0.05, 0) is 39.0 Å². The molecule has 112 valence electrons. The molecule has 5 heteroatoms. The molecule has 21 heavy (non-hydrogen) atoms. The lowest BCUT2D eigenvalue weighted by molar-refractivity contribution is -0.116. The minimum atomic E-state index is -0.0386. The first-order valence-corrected chi connectivity index (χ1v) is 6.96. The van der Waals surface area contributed by atoms with Crippen LogP contribution in [0, 0.1) is 13.8 Å². The Labute approximate surface area is 124 Å². The fourth-order valence-electron chi connectivity index (χ4n) is 2.36. The predicted molar refractivity (Wildman–Crippen MR) is 82.7 cm³/mol. The molecule has 1 aromatic carbocycles. The Morgan fingerprint density at radius 3 is 2.76 bits per heavy atom. The van der Waals surface area contributed by atoms with Crippen molar-refractivity contribution in [3.8, 4) is 5.75 Å². The largest absolute Gasteiger partial charge is 0.497 e. The molecule has 1 N–H and O–H groups in total. The van der Waals surface area contributed by atoms with E-state index < -0.39 is 0 Å². The summed E-state index contributed by atoms with van der Waals surface area (Å²) in [6.45, 7) is 5.94. The molecule has 0 radical (unpaired) electrons. The Bertz CT molecular complexity index is 634. The standard InChI is InChI=1S/C16H21N3O2/c1-11-8-12(2)19(18-11)13(3)9-16(20)17-14-6-5-7-15(10-14)21-4/h5-8,10,13H,9H2,1-4H3,(H,17,20)/t13-/m1/s1. The van der Waals surface area contributed by atoms with Crippen molar-refractivity contribution in [1.82, 2.24) is 9.78 Å². The molecule has 1 atom stereocenters. The molecule has 2 aromatic rings. The van der Waals surface area contributed by atoms with E-state index in [1.165, 1.54) is 0 Å². The molecule has 5 nitrogen and oxygen atoms in total. The molecule has 0 spiro atoms. The third-order valence-corrected chi connectivity index (χ3v) is 3.30. The summed E-state index contributed by atoms with van der Waals surface area (Å²) in [6, 6.07) is 9.35. The van der Waals surface area contributed by atoms with E-state index in [1.54, 1.807) is 13.2 Å². The van der Waals surface area contributed by atoms with Crippen LogP contribution < -0.4 is 10.1 Å². The van der Waals surface area contributed by atoms with E-state index in [4.69, 9.17) is 4.74 Å². The second-order valence-electron chi connectivity index (χ2n) is 5.20. The van der Waals surface area contributed by atoms with Crippen molar-refractivity contribution >= 4 is 11.6 Å². The number of carbonyl (C=O) groups is 1. The van der Waals surface area contributed by atoms with Gasteiger partial charge < -0.3 is 10.1 Å². The molecule has 0 fully saturated rings. The van der Waals surface area contributed by atoms with E-state index in [0.29, 0.717) is 6.42 Å². The SMILES string of the molecule is COc1cccc(NC(=O)C[C@@H](C)n2nc(C)cc2C)c1. The molecule has 0 saturated carbocycles. The van der Waals surface area contributed by atoms with Crippen molar-refractivity contribution in [1.29, 1.82) is 0 Å². The molecular formula is C16H21N3O2. The lowest BCUT2D eigenvalue weighted by atomic mass is 10.2. The number of aromatic nitrogens is 2. The number of aryl methyl sites for hydroxylation is 2. The van der Waals surface area contributed by atoms with Crippen LogP contribution in [-0.2, 0) is 4.79 Å². The Morgan fingerprint density at radius 1 is 1.38 bits per heavy atom. The molecule has 0 aliphatic carbocycles. The number of hydrogen-bond donors (Lipinski definition) is 1. The zero-order chi connectivity index (χ0) is 15.4. The predicted octanol–water partition coefficient (Wildman–Crippen LogP) is 3.10. The van der Waals surface area contributed by atoms with Crippen LogP contribution in [0.4, 0.5) is 5.69 Å². The number of nitrogens with one attached hydrogen (secondary N) is 1. The second-order valence-corrected chi connectivity index (χ2v) is 5.20. The molecule has 0 bridgehead atoms. The van der Waals surface area contributed by atoms with E-state index in [0.717, 1.165) is 22.8 Å². The van der Waals surface area contributed by atoms with Crippen molar-refractivity contribution in [3.63, 3.8) is 0 Å². The summed E-state index contributed by atoms with van der Waals surface area (Å²) in [5.74, 6) is 0.683. The number of nitrogens with zero attached hydrogens (tertiary/aromatic N) is 2. The monoisotopic (exact) mass is 287 g/mol. The minimum Gasteiger partial charge on any atom is -0.497 e. The first-order valence-electron chi connectivity index (χ1n) is 6.96. The van der Waals surface area contributed by atoms with Crippen LogP contribution in [0.2, 0.25) is 0 Å². The Balaban J connectivity index is 1.99. The Kier molecular flexibility index (Phi) is 4.62. The van der Waals surface area contributed by atoms with Crippen LogP contribution in [0.1, 0.15) is 30.8 Å². The Hall–Kier alpha value is -2.30. The van der Waals surface area contributed by atoms with Gasteiger partial charge in [0, 0.05) is 23.9 Å². The molecule has 0 unspecified atom stereocenters. The smallest absolute Gasteiger partial charge is 0.226 e. The number of carbonyl (C=O) groups excluding carboxylic acids is 1. The van der Waals surface area contributed by atoms with Gasteiger partial charge in [0.25, 0.3) is 0 Å². The van der Waals surface area contributed by atoms with Crippen molar-refractivity contribution in [3.05, 3.63) is 41.7 Å². The zero-order valence-electron chi connectivity index (χ0n) is 12.9. The van der Waals surface area contributed by atoms with Crippen molar-refractivity contribution in [2.45, 2.75) is 33.2 Å². The highest BCUT2D eigenvalue weighted by atomic mass is 16.5. The molecule has 1 heterocycles. The summed E-state index contributed by atoms with van der Waals surface area (Å²) in [7, 11) is 1.60. The highest BCUT2D eigenvalue weighted by Crippen LogP contribution is 2.19. The van der Waals surface area contributed by atoms with E-state index in [1.807, 2.05) is 49.7 Å². The summed E-state index contributed by atoms with van der Waals surface area (Å²) in [5.41, 5.74) is 2.77. The van der Waals surface area contributed by atoms with Gasteiger partial charge in [-0.2, -0.15) is 5.10 Å². The van der Waals surface area contributed by atoms with Crippen molar-refractivity contribution < 1.29 is 9.53 Å². The molecule has 0 aliphatic rings. The summed E-state index contributed by atoms with van der Waals surface area (Å²) in [4.78, 5) is 12.1. The van der Waals surface area contributed by atoms with Crippen LogP contribution in [0.5, 0.6) is 5.75 Å². The molecule has 0 aliphatic heterocycles. The average Bonchev–Trinajstić information content (AvgIpc) is 2.77. The van der Waals surface area contributed by atoms with Gasteiger partial charge >= 0.3 is 0 Å². The average molecular weight is 287 g/mol. The van der Waals surface area contributed by atoms with Gasteiger partial charge in [-0.3, -0.25) is 9.48 Å². The Morgan fingerprint density at radius 2 is 2.14 bits per heavy atom. The van der Waals surface area contributed by atoms with Gasteiger partial charge in [0.05, 0.1) is 18.8 Å². The maximum Gasteiger partial charge on any atom is 0.226 e. The van der Waals surface area contributed by atoms with Gasteiger partial charge in [-0.25, -0.2) is 0 Å². The first-order chi connectivity index (χ1) is 9.99. The molecule has 1 aromatic heterocycles. The quantitative estimate of drug-likeness (QED) is 0.919. The normalized spacial score (nSPS) is 12.0. The van der Waals surface area contributed by atoms with E-state index in [9.17, 15) is 4.79 Å². The number of anilines is 1. The summed E-state index contributed by atoms with van der Waals surface area (Å²) >= 11 is 0. The van der Waals surface area contributed by atoms with Crippen LogP contribution in [0.3, 0.4) is 0 Å². The maximum absolute atomic E-state index is 12.1. The molecule has 2 rings (SSSR count). The lowest BCUT2D eigenvalue weighted by Crippen LogP contribution is -2.19. The third kappa shape index (κ3) is 3.84. The summed E-state index contributed by atoms with van der Waals surface area (Å²) in [5, 5.41) is 7.30. The van der Waals surface area contributed by atoms with Gasteiger partial charge in [-0.15, -0.1) is 0 Å². The van der Waals surface area contributed by atoms with E-state index in [2.05, 4.69) is 10.4 Å². The van der Waals surface area contributed by atoms with Crippen LogP contribution in [0.25, 0.3) is 0 Å². The van der Waals surface area contributed by atoms with Crippen molar-refractivity contribution in [2.24, 2.45) is 0 Å². The number of ether oxygens (including phenoxy) is 1. The van der Waals surface area contributed by atoms with Gasteiger partial charge in [0.1, 0.15) is 5.75 Å². The lowest BCUT2D eigenvalue weighted by Gasteiger charge is -2.14. The highest BCUT2D eigenvalue weighted by molar-refractivity contribution is 5.91. The second kappa shape index (κ2) is 6.43. The van der Waals surface area contributed by atoms with Crippen LogP contribution >= 0.6 is 0 Å². The van der Waals surface area contributed by atoms with Gasteiger partial charge in [0.2, 0.25) is 5.91 Å². The number of hydrogen-bond acceptors (Lipinski definition) is 3. The number of amides is 1. The maximum atomic E-state index is 12.1. The van der Waals surface area contributed by atoms with Gasteiger partial charge in [0.15, 0.2) is 0 Å². The fourth-order valence-corrected chi connectivity index (χ4v) is 2.36. The first kappa shape index (κ1) is 15.1. The number of methoxy groups -OCH3 is 1. The topological polar surface area (TPSA) is 56.1 Å².